The third-order valence-corrected chi connectivity index (χ3v) is 7.30. The maximum absolute atomic E-state index is 4.97. The van der Waals surface area contributed by atoms with Crippen molar-refractivity contribution >= 4 is 63.8 Å². The first-order valence-corrected chi connectivity index (χ1v) is 10.2. The fourth-order valence-corrected chi connectivity index (χ4v) is 6.31. The molecular weight excluding hydrogens is 354 g/mol. The van der Waals surface area contributed by atoms with Gasteiger partial charge in [-0.15, -0.1) is 22.7 Å². The summed E-state index contributed by atoms with van der Waals surface area (Å²) in [5.41, 5.74) is 1.19. The van der Waals surface area contributed by atoms with Crippen LogP contribution in [0.2, 0.25) is 0 Å². The van der Waals surface area contributed by atoms with Crippen molar-refractivity contribution in [3.63, 3.8) is 0 Å². The van der Waals surface area contributed by atoms with Crippen molar-refractivity contribution in [3.05, 3.63) is 78.9 Å². The SMILES string of the molecule is c1ccc(-c2nc3sc4c5ccccc5c5ccccc5c4c3s2)cc1. The van der Waals surface area contributed by atoms with Gasteiger partial charge in [-0.05, 0) is 16.2 Å². The summed E-state index contributed by atoms with van der Waals surface area (Å²) in [5, 5.41) is 7.77. The summed E-state index contributed by atoms with van der Waals surface area (Å²) < 4.78 is 2.67. The zero-order valence-corrected chi connectivity index (χ0v) is 15.4. The second kappa shape index (κ2) is 5.37. The highest BCUT2D eigenvalue weighted by atomic mass is 32.1. The highest BCUT2D eigenvalue weighted by Crippen LogP contribution is 2.46. The van der Waals surface area contributed by atoms with Gasteiger partial charge in [0.15, 0.2) is 0 Å². The van der Waals surface area contributed by atoms with Crippen molar-refractivity contribution in [2.75, 3.05) is 0 Å². The molecule has 0 bridgehead atoms. The van der Waals surface area contributed by atoms with Gasteiger partial charge in [0.1, 0.15) is 9.84 Å². The first-order valence-electron chi connectivity index (χ1n) is 8.58. The third-order valence-electron chi connectivity index (χ3n) is 4.93. The van der Waals surface area contributed by atoms with Crippen LogP contribution in [0.4, 0.5) is 0 Å². The summed E-state index contributed by atoms with van der Waals surface area (Å²) >= 11 is 3.63. The van der Waals surface area contributed by atoms with Gasteiger partial charge in [0.2, 0.25) is 0 Å². The van der Waals surface area contributed by atoms with Gasteiger partial charge in [0, 0.05) is 21.0 Å². The predicted octanol–water partition coefficient (Wildman–Crippen LogP) is 7.48. The van der Waals surface area contributed by atoms with Crippen LogP contribution in [0.25, 0.3) is 51.7 Å². The summed E-state index contributed by atoms with van der Waals surface area (Å²) in [6.07, 6.45) is 0. The predicted molar refractivity (Wildman–Crippen MR) is 115 cm³/mol. The van der Waals surface area contributed by atoms with Crippen molar-refractivity contribution in [2.24, 2.45) is 0 Å². The lowest BCUT2D eigenvalue weighted by Crippen LogP contribution is -1.78. The zero-order valence-electron chi connectivity index (χ0n) is 13.8. The summed E-state index contributed by atoms with van der Waals surface area (Å²) in [5.74, 6) is 0. The highest BCUT2D eigenvalue weighted by Gasteiger charge is 2.17. The maximum Gasteiger partial charge on any atom is 0.136 e. The maximum atomic E-state index is 4.97. The standard InChI is InChI=1S/C23H13NS2/c1-2-8-14(9-3-1)22-24-23-21(26-22)19-17-12-6-4-10-15(17)16-11-5-7-13-18(16)20(19)25-23/h1-13H. The topological polar surface area (TPSA) is 12.9 Å². The molecule has 6 aromatic rings. The van der Waals surface area contributed by atoms with Gasteiger partial charge in [-0.3, -0.25) is 0 Å². The molecule has 2 aromatic heterocycles. The van der Waals surface area contributed by atoms with E-state index in [4.69, 9.17) is 4.98 Å². The Morgan fingerprint density at radius 3 is 1.92 bits per heavy atom. The number of hydrogen-bond donors (Lipinski definition) is 0. The van der Waals surface area contributed by atoms with E-state index in [-0.39, 0.29) is 0 Å². The molecule has 0 aliphatic carbocycles. The van der Waals surface area contributed by atoms with Crippen LogP contribution in [-0.4, -0.2) is 4.98 Å². The largest absolute Gasteiger partial charge is 0.225 e. The summed E-state index contributed by atoms with van der Waals surface area (Å²) in [4.78, 5) is 6.11. The van der Waals surface area contributed by atoms with Crippen LogP contribution in [-0.2, 0) is 0 Å². The van der Waals surface area contributed by atoms with E-state index in [0.29, 0.717) is 0 Å². The van der Waals surface area contributed by atoms with Gasteiger partial charge < -0.3 is 0 Å². The van der Waals surface area contributed by atoms with Crippen LogP contribution in [0, 0.1) is 0 Å². The fraction of sp³-hybridized carbons (Fsp3) is 0. The van der Waals surface area contributed by atoms with Crippen molar-refractivity contribution in [3.8, 4) is 10.6 Å². The Morgan fingerprint density at radius 2 is 1.15 bits per heavy atom. The molecule has 0 spiro atoms. The quantitative estimate of drug-likeness (QED) is 0.274. The number of hydrogen-bond acceptors (Lipinski definition) is 3. The van der Waals surface area contributed by atoms with E-state index in [9.17, 15) is 0 Å². The summed E-state index contributed by atoms with van der Waals surface area (Å²) in [6.45, 7) is 0. The normalized spacial score (nSPS) is 11.8. The Labute approximate surface area is 158 Å². The van der Waals surface area contributed by atoms with E-state index < -0.39 is 0 Å². The van der Waals surface area contributed by atoms with Gasteiger partial charge in [-0.2, -0.15) is 0 Å². The Hall–Kier alpha value is -2.75. The number of benzene rings is 4. The molecule has 2 heterocycles. The first kappa shape index (κ1) is 14.4. The van der Waals surface area contributed by atoms with Crippen molar-refractivity contribution in [1.29, 1.82) is 0 Å². The van der Waals surface area contributed by atoms with E-state index in [1.807, 2.05) is 22.7 Å². The molecule has 0 radical (unpaired) electrons. The molecule has 0 N–H and O–H groups in total. The number of thiophene rings is 1. The van der Waals surface area contributed by atoms with Crippen molar-refractivity contribution < 1.29 is 0 Å². The van der Waals surface area contributed by atoms with E-state index in [2.05, 4.69) is 78.9 Å². The van der Waals surface area contributed by atoms with Crippen molar-refractivity contribution in [1.82, 2.24) is 4.98 Å². The Bertz CT molecular complexity index is 1390. The number of thiazole rings is 1. The molecule has 3 heteroatoms. The van der Waals surface area contributed by atoms with Gasteiger partial charge in [-0.25, -0.2) is 4.98 Å². The average Bonchev–Trinajstić information content (AvgIpc) is 3.27. The summed E-state index contributed by atoms with van der Waals surface area (Å²) in [6, 6.07) is 28.0. The van der Waals surface area contributed by atoms with Crippen LogP contribution >= 0.6 is 22.7 Å². The lowest BCUT2D eigenvalue weighted by Gasteiger charge is -2.06. The average molecular weight is 367 g/mol. The molecular formula is C23H13NS2. The van der Waals surface area contributed by atoms with Crippen LogP contribution in [0.3, 0.4) is 0 Å². The second-order valence-corrected chi connectivity index (χ2v) is 8.41. The third kappa shape index (κ3) is 1.93. The number of aromatic nitrogens is 1. The number of fused-ring (bicyclic) bond motifs is 8. The smallest absolute Gasteiger partial charge is 0.136 e. The highest BCUT2D eigenvalue weighted by molar-refractivity contribution is 7.34. The molecule has 0 amide bonds. The molecule has 122 valence electrons. The van der Waals surface area contributed by atoms with Gasteiger partial charge >= 0.3 is 0 Å². The molecule has 0 aliphatic heterocycles. The van der Waals surface area contributed by atoms with Crippen LogP contribution in [0.5, 0.6) is 0 Å². The molecule has 1 nitrogen and oxygen atoms in total. The molecule has 4 aromatic carbocycles. The van der Waals surface area contributed by atoms with E-state index in [0.717, 1.165) is 9.84 Å². The number of nitrogens with zero attached hydrogens (tertiary/aromatic N) is 1. The molecule has 0 saturated carbocycles. The van der Waals surface area contributed by atoms with Gasteiger partial charge in [0.05, 0.1) is 4.70 Å². The van der Waals surface area contributed by atoms with E-state index in [1.54, 1.807) is 0 Å². The Balaban J connectivity index is 1.81. The number of rotatable bonds is 1. The lowest BCUT2D eigenvalue weighted by atomic mass is 9.99. The molecule has 0 saturated heterocycles. The molecule has 0 unspecified atom stereocenters. The molecule has 26 heavy (non-hydrogen) atoms. The lowest BCUT2D eigenvalue weighted by molar-refractivity contribution is 1.50. The van der Waals surface area contributed by atoms with E-state index in [1.165, 1.54) is 41.9 Å². The monoisotopic (exact) mass is 367 g/mol. The minimum Gasteiger partial charge on any atom is -0.225 e. The van der Waals surface area contributed by atoms with Crippen LogP contribution < -0.4 is 0 Å². The molecule has 6 rings (SSSR count). The van der Waals surface area contributed by atoms with Crippen molar-refractivity contribution in [2.45, 2.75) is 0 Å². The minimum atomic E-state index is 1.10. The van der Waals surface area contributed by atoms with Gasteiger partial charge in [-0.1, -0.05) is 78.9 Å². The molecule has 0 fully saturated rings. The van der Waals surface area contributed by atoms with Crippen LogP contribution in [0.15, 0.2) is 78.9 Å². The molecule has 0 aliphatic rings. The minimum absolute atomic E-state index is 1.10. The van der Waals surface area contributed by atoms with Gasteiger partial charge in [0.25, 0.3) is 0 Å². The summed E-state index contributed by atoms with van der Waals surface area (Å²) in [7, 11) is 0. The van der Waals surface area contributed by atoms with E-state index >= 15 is 0 Å². The first-order chi connectivity index (χ1) is 12.9. The van der Waals surface area contributed by atoms with Crippen LogP contribution in [0.1, 0.15) is 0 Å². The fourth-order valence-electron chi connectivity index (χ4n) is 3.77. The zero-order chi connectivity index (χ0) is 17.1. The Morgan fingerprint density at radius 1 is 0.538 bits per heavy atom. The Kier molecular flexibility index (Phi) is 2.98. The molecule has 0 atom stereocenters. The second-order valence-electron chi connectivity index (χ2n) is 6.42.